The van der Waals surface area contributed by atoms with Gasteiger partial charge in [-0.05, 0) is 37.9 Å². The Morgan fingerprint density at radius 3 is 2.72 bits per heavy atom. The molecule has 0 spiro atoms. The minimum atomic E-state index is -4.30. The summed E-state index contributed by atoms with van der Waals surface area (Å²) in [7, 11) is -4.30. The molecule has 0 amide bonds. The summed E-state index contributed by atoms with van der Waals surface area (Å²) < 4.78 is 36.9. The molecular formula is C23H31N6O9P. The van der Waals surface area contributed by atoms with Crippen LogP contribution in [0.5, 0.6) is 5.75 Å². The van der Waals surface area contributed by atoms with Crippen molar-refractivity contribution in [2.24, 2.45) is 5.11 Å². The molecule has 0 radical (unpaired) electrons. The van der Waals surface area contributed by atoms with E-state index in [0.29, 0.717) is 6.42 Å². The Balaban J connectivity index is 1.83. The third-order valence-electron chi connectivity index (χ3n) is 5.94. The highest BCUT2D eigenvalue weighted by Crippen LogP contribution is 2.47. The number of H-pyrrole nitrogens is 1. The summed E-state index contributed by atoms with van der Waals surface area (Å²) in [5.41, 5.74) is 5.87. The van der Waals surface area contributed by atoms with Crippen molar-refractivity contribution in [3.63, 3.8) is 0 Å². The fourth-order valence-corrected chi connectivity index (χ4v) is 5.31. The first kappa shape index (κ1) is 30.1. The monoisotopic (exact) mass is 566 g/mol. The molecule has 39 heavy (non-hydrogen) atoms. The first-order chi connectivity index (χ1) is 18.5. The molecular weight excluding hydrogens is 535 g/mol. The average Bonchev–Trinajstić information content (AvgIpc) is 3.13. The van der Waals surface area contributed by atoms with Crippen LogP contribution in [-0.4, -0.2) is 57.6 Å². The van der Waals surface area contributed by atoms with Gasteiger partial charge in [-0.25, -0.2) is 9.36 Å². The summed E-state index contributed by atoms with van der Waals surface area (Å²) >= 11 is 0. The smallest absolute Gasteiger partial charge is 0.459 e. The second kappa shape index (κ2) is 13.1. The van der Waals surface area contributed by atoms with Crippen molar-refractivity contribution in [1.82, 2.24) is 14.6 Å². The predicted octanol–water partition coefficient (Wildman–Crippen LogP) is 2.39. The fourth-order valence-electron chi connectivity index (χ4n) is 3.81. The van der Waals surface area contributed by atoms with Crippen LogP contribution in [0.4, 0.5) is 0 Å². The number of unbranched alkanes of at least 4 members (excludes halogenated alkanes) is 1. The van der Waals surface area contributed by atoms with E-state index >= 15 is 0 Å². The van der Waals surface area contributed by atoms with Crippen LogP contribution < -0.4 is 20.9 Å². The lowest BCUT2D eigenvalue weighted by Crippen LogP contribution is -2.45. The third kappa shape index (κ3) is 7.35. The van der Waals surface area contributed by atoms with E-state index in [-0.39, 0.29) is 12.4 Å². The Morgan fingerprint density at radius 1 is 1.36 bits per heavy atom. The predicted molar refractivity (Wildman–Crippen MR) is 138 cm³/mol. The van der Waals surface area contributed by atoms with Crippen LogP contribution in [0.3, 0.4) is 0 Å². The van der Waals surface area contributed by atoms with Crippen molar-refractivity contribution in [1.29, 1.82) is 0 Å². The number of ether oxygens (including phenoxy) is 2. The molecule has 3 rings (SSSR count). The summed E-state index contributed by atoms with van der Waals surface area (Å²) in [6.07, 6.45) is -1.56. The van der Waals surface area contributed by atoms with Gasteiger partial charge < -0.3 is 19.1 Å². The number of aliphatic hydroxyl groups is 1. The Bertz CT molecular complexity index is 1350. The van der Waals surface area contributed by atoms with E-state index in [2.05, 4.69) is 20.1 Å². The maximum absolute atomic E-state index is 13.7. The molecule has 0 bridgehead atoms. The summed E-state index contributed by atoms with van der Waals surface area (Å²) in [6, 6.07) is 8.03. The van der Waals surface area contributed by atoms with Crippen molar-refractivity contribution in [3.05, 3.63) is 73.9 Å². The molecule has 1 saturated heterocycles. The molecule has 1 aromatic heterocycles. The minimum absolute atomic E-state index is 0.171. The van der Waals surface area contributed by atoms with Crippen molar-refractivity contribution < 1.29 is 33.0 Å². The number of hydrogen-bond donors (Lipinski definition) is 3. The van der Waals surface area contributed by atoms with Gasteiger partial charge in [0.2, 0.25) is 0 Å². The molecule has 212 valence electrons. The number of para-hydroxylation sites is 1. The number of benzene rings is 1. The highest BCUT2D eigenvalue weighted by atomic mass is 31.2. The Kier molecular flexibility index (Phi) is 10.1. The van der Waals surface area contributed by atoms with Crippen molar-refractivity contribution in [3.8, 4) is 5.75 Å². The molecule has 0 saturated carbocycles. The molecule has 1 aromatic carbocycles. The van der Waals surface area contributed by atoms with Crippen LogP contribution in [0.25, 0.3) is 10.4 Å². The van der Waals surface area contributed by atoms with E-state index in [9.17, 15) is 24.1 Å². The summed E-state index contributed by atoms with van der Waals surface area (Å²) in [4.78, 5) is 41.1. The number of hydrogen-bond acceptors (Lipinski definition) is 10. The molecule has 2 heterocycles. The normalized spacial score (nSPS) is 24.8. The van der Waals surface area contributed by atoms with Gasteiger partial charge in [0.25, 0.3) is 5.56 Å². The van der Waals surface area contributed by atoms with Crippen molar-refractivity contribution in [2.75, 3.05) is 13.2 Å². The lowest BCUT2D eigenvalue weighted by molar-refractivity contribution is -0.145. The zero-order valence-corrected chi connectivity index (χ0v) is 22.5. The molecule has 0 aliphatic carbocycles. The Morgan fingerprint density at radius 2 is 2.08 bits per heavy atom. The van der Waals surface area contributed by atoms with E-state index in [1.54, 1.807) is 18.2 Å². The lowest BCUT2D eigenvalue weighted by atomic mass is 9.93. The van der Waals surface area contributed by atoms with E-state index < -0.39 is 61.6 Å². The number of aromatic amines is 1. The molecule has 15 nitrogen and oxygen atoms in total. The molecule has 2 aromatic rings. The number of nitrogens with one attached hydrogen (secondary N) is 2. The molecule has 1 aliphatic rings. The average molecular weight is 567 g/mol. The van der Waals surface area contributed by atoms with Gasteiger partial charge in [-0.1, -0.05) is 36.7 Å². The Labute approximate surface area is 223 Å². The lowest BCUT2D eigenvalue weighted by Gasteiger charge is -2.28. The van der Waals surface area contributed by atoms with Crippen LogP contribution in [0.2, 0.25) is 0 Å². The van der Waals surface area contributed by atoms with Crippen LogP contribution in [0.15, 0.2) is 57.3 Å². The van der Waals surface area contributed by atoms with Crippen LogP contribution in [-0.2, 0) is 23.4 Å². The second-order valence-corrected chi connectivity index (χ2v) is 10.7. The zero-order chi connectivity index (χ0) is 28.6. The maximum atomic E-state index is 13.7. The highest BCUT2D eigenvalue weighted by molar-refractivity contribution is 7.52. The number of carbonyl (C=O) groups is 1. The van der Waals surface area contributed by atoms with E-state index in [1.165, 1.54) is 26.0 Å². The fraction of sp³-hybridized carbons (Fsp3) is 0.522. The van der Waals surface area contributed by atoms with Gasteiger partial charge in [-0.3, -0.25) is 23.7 Å². The van der Waals surface area contributed by atoms with Crippen LogP contribution in [0.1, 0.15) is 39.8 Å². The van der Waals surface area contributed by atoms with Gasteiger partial charge in [0.1, 0.15) is 23.4 Å². The first-order valence-electron chi connectivity index (χ1n) is 12.2. The van der Waals surface area contributed by atoms with E-state index in [0.717, 1.165) is 23.3 Å². The van der Waals surface area contributed by atoms with Crippen molar-refractivity contribution in [2.45, 2.75) is 63.6 Å². The quantitative estimate of drug-likeness (QED) is 0.0805. The minimum Gasteiger partial charge on any atom is -0.465 e. The third-order valence-corrected chi connectivity index (χ3v) is 7.59. The first-order valence-corrected chi connectivity index (χ1v) is 13.7. The number of esters is 1. The van der Waals surface area contributed by atoms with Gasteiger partial charge in [0.05, 0.1) is 19.3 Å². The number of aromatic nitrogens is 2. The van der Waals surface area contributed by atoms with E-state index in [4.69, 9.17) is 24.1 Å². The van der Waals surface area contributed by atoms with Crippen LogP contribution >= 0.6 is 7.75 Å². The SMILES string of the molecule is CCCCOC(=O)[C@H](C)NP(=O)(OC[C@H]1OC(n2ccc(=O)[nH]c2=O)[C@](C)(N=[N+]=[N-])[C@@H]1O)Oc1ccccc1. The topological polar surface area (TPSA) is 207 Å². The maximum Gasteiger partial charge on any atom is 0.459 e. The van der Waals surface area contributed by atoms with Gasteiger partial charge in [-0.2, -0.15) is 5.09 Å². The summed E-state index contributed by atoms with van der Waals surface area (Å²) in [5, 5.41) is 17.2. The van der Waals surface area contributed by atoms with Gasteiger partial charge in [0, 0.05) is 17.2 Å². The number of rotatable bonds is 13. The zero-order valence-electron chi connectivity index (χ0n) is 21.6. The summed E-state index contributed by atoms with van der Waals surface area (Å²) in [5.74, 6) is -0.501. The Hall–Kier alpha value is -3.45. The molecule has 6 atom stereocenters. The molecule has 2 unspecified atom stereocenters. The van der Waals surface area contributed by atoms with Gasteiger partial charge in [0.15, 0.2) is 6.23 Å². The molecule has 1 fully saturated rings. The standard InChI is InChI=1S/C23H31N6O9P/c1-4-5-13-35-20(32)15(2)26-39(34,38-16-9-7-6-8-10-16)36-14-17-19(31)23(3,27-28-24)21(37-17)29-12-11-18(30)25-22(29)33/h6-12,15,17,19,21,31H,4-5,13-14H2,1-3H3,(H,26,34)(H,25,30,33)/t15-,17+,19+,21?,23+,39?/m0/s1. The molecule has 1 aliphatic heterocycles. The highest BCUT2D eigenvalue weighted by Gasteiger charge is 2.55. The number of carbonyl (C=O) groups excluding carboxylic acids is 1. The molecule has 3 N–H and O–H groups in total. The molecule has 16 heteroatoms. The van der Waals surface area contributed by atoms with Gasteiger partial charge >= 0.3 is 19.4 Å². The largest absolute Gasteiger partial charge is 0.465 e. The summed E-state index contributed by atoms with van der Waals surface area (Å²) in [6.45, 7) is 4.34. The second-order valence-electron chi connectivity index (χ2n) is 8.97. The van der Waals surface area contributed by atoms with Gasteiger partial charge in [-0.15, -0.1) is 0 Å². The van der Waals surface area contributed by atoms with Crippen molar-refractivity contribution >= 4 is 13.7 Å². The van der Waals surface area contributed by atoms with E-state index in [1.807, 2.05) is 6.92 Å². The van der Waals surface area contributed by atoms with Crippen LogP contribution in [0, 0.1) is 0 Å². The number of nitrogens with zero attached hydrogens (tertiary/aromatic N) is 4. The number of azide groups is 1. The number of aliphatic hydroxyl groups excluding tert-OH is 1.